The maximum Gasteiger partial charge on any atom is 0.391 e. The Kier molecular flexibility index (Phi) is 66.8. The maximum atomic E-state index is 12.5. The average Bonchev–Trinajstić information content (AvgIpc) is 0.827. The molecule has 8 fully saturated rings. The SMILES string of the molecule is CC(C)N1CCC(C(=O)CC(C)C(F)(F)F)CC1.CC(C)N1CCC(C)(C(=O)CC(C)C(F)(F)F)CC1.CC(C)N1CCC(C)(C(=O)CCCC(F)(F)F)CC1.CC(C)OCCCC(=O)C1CCN(C(C)C)CC1.CC(O)CN(C)C(=O)C1CCN(C(C)C)CC1.COC(CCC(=O)C1CCN(C(C)C)CC1)C(C)C.COCC(C)CC(=O)C1(C)CCN(C(C)C)CC1.COCC(C)CC(=O)C1CCN(C(C)C)CC1. The first-order valence-electron chi connectivity index (χ1n) is 56.1. The lowest BCUT2D eigenvalue weighted by Gasteiger charge is -2.40. The van der Waals surface area contributed by atoms with E-state index in [0.717, 1.165) is 208 Å². The number of Topliss-reactive ketones (excluding diaryl/α,β-unsaturated/α-hetero) is 7. The molecule has 8 aliphatic rings. The average molecular weight is 2090 g/mol. The minimum Gasteiger partial charge on any atom is -0.392 e. The van der Waals surface area contributed by atoms with Crippen molar-refractivity contribution in [1.82, 2.24) is 44.1 Å². The van der Waals surface area contributed by atoms with Crippen LogP contribution in [0.4, 0.5) is 39.5 Å². The number of nitrogens with zero attached hydrogens (tertiary/aromatic N) is 9. The molecule has 1 amide bonds. The fourth-order valence-electron chi connectivity index (χ4n) is 20.6. The number of methoxy groups -OCH3 is 3. The third-order valence-electron chi connectivity index (χ3n) is 32.0. The van der Waals surface area contributed by atoms with Crippen LogP contribution in [0.2, 0.25) is 0 Å². The molecule has 1 N–H and O–H groups in total. The summed E-state index contributed by atoms with van der Waals surface area (Å²) in [6, 6.07) is 4.32. The maximum absolute atomic E-state index is 12.5. The van der Waals surface area contributed by atoms with Crippen molar-refractivity contribution >= 4 is 46.4 Å². The van der Waals surface area contributed by atoms with Crippen LogP contribution in [-0.2, 0) is 57.3 Å². The third-order valence-corrected chi connectivity index (χ3v) is 32.0. The summed E-state index contributed by atoms with van der Waals surface area (Å²) in [5, 5.41) is 9.28. The molecular formula is C114H212F9N9O13. The van der Waals surface area contributed by atoms with Gasteiger partial charge in [-0.05, 0) is 376 Å². The molecule has 0 saturated carbocycles. The van der Waals surface area contributed by atoms with Crippen molar-refractivity contribution in [2.45, 2.75) is 452 Å². The van der Waals surface area contributed by atoms with Gasteiger partial charge < -0.3 is 68.2 Å². The Labute approximate surface area is 875 Å². The number of hydrogen-bond donors (Lipinski definition) is 1. The molecule has 145 heavy (non-hydrogen) atoms. The second-order valence-electron chi connectivity index (χ2n) is 47.7. The molecule has 0 aliphatic carbocycles. The van der Waals surface area contributed by atoms with Gasteiger partial charge in [0.15, 0.2) is 0 Å². The van der Waals surface area contributed by atoms with Crippen molar-refractivity contribution in [2.75, 3.05) is 159 Å². The van der Waals surface area contributed by atoms with Crippen LogP contribution in [0, 0.1) is 75.4 Å². The number of carbonyl (C=O) groups is 8. The van der Waals surface area contributed by atoms with E-state index in [0.29, 0.717) is 185 Å². The zero-order valence-electron chi connectivity index (χ0n) is 97.1. The Hall–Kier alpha value is -3.99. The van der Waals surface area contributed by atoms with Crippen molar-refractivity contribution in [3.63, 3.8) is 0 Å². The number of likely N-dealkylation sites (N-methyl/N-ethyl adjacent to an activating group) is 1. The van der Waals surface area contributed by atoms with E-state index in [-0.39, 0.29) is 78.4 Å². The van der Waals surface area contributed by atoms with E-state index in [4.69, 9.17) is 18.9 Å². The van der Waals surface area contributed by atoms with Gasteiger partial charge in [-0.25, -0.2) is 0 Å². The fourth-order valence-corrected chi connectivity index (χ4v) is 20.6. The second kappa shape index (κ2) is 69.7. The quantitative estimate of drug-likeness (QED) is 0.0442. The van der Waals surface area contributed by atoms with E-state index in [1.807, 2.05) is 27.7 Å². The van der Waals surface area contributed by atoms with Gasteiger partial charge >= 0.3 is 18.5 Å². The molecule has 8 aliphatic heterocycles. The number of likely N-dealkylation sites (tertiary alicyclic amines) is 8. The summed E-state index contributed by atoms with van der Waals surface area (Å²) in [5.74, 6) is 0.483. The lowest BCUT2D eigenvalue weighted by Crippen LogP contribution is -2.45. The molecule has 31 heteroatoms. The lowest BCUT2D eigenvalue weighted by atomic mass is 9.74. The number of aliphatic hydroxyl groups is 1. The van der Waals surface area contributed by atoms with Crippen LogP contribution >= 0.6 is 0 Å². The topological polar surface area (TPSA) is 223 Å². The minimum atomic E-state index is -4.27. The van der Waals surface area contributed by atoms with Crippen molar-refractivity contribution in [2.24, 2.45) is 75.4 Å². The molecule has 8 saturated heterocycles. The third kappa shape index (κ3) is 55.6. The van der Waals surface area contributed by atoms with E-state index in [1.165, 1.54) is 0 Å². The first-order valence-corrected chi connectivity index (χ1v) is 56.1. The Morgan fingerprint density at radius 2 is 0.628 bits per heavy atom. The lowest BCUT2D eigenvalue weighted by molar-refractivity contribution is -0.176. The number of alkyl halides is 9. The largest absolute Gasteiger partial charge is 0.392 e. The number of rotatable bonds is 43. The predicted molar refractivity (Wildman–Crippen MR) is 570 cm³/mol. The number of carbonyl (C=O) groups excluding carboxylic acids is 8. The molecule has 0 aromatic heterocycles. The van der Waals surface area contributed by atoms with Gasteiger partial charge in [-0.3, -0.25) is 38.4 Å². The Bertz CT molecular complexity index is 3520. The van der Waals surface area contributed by atoms with Crippen molar-refractivity contribution in [3.05, 3.63) is 0 Å². The molecule has 6 unspecified atom stereocenters. The molecular weight excluding hydrogens is 1870 g/mol. The summed E-state index contributed by atoms with van der Waals surface area (Å²) in [6.45, 7) is 75.2. The second-order valence-corrected chi connectivity index (χ2v) is 47.7. The van der Waals surface area contributed by atoms with Gasteiger partial charge in [0.2, 0.25) is 5.91 Å². The van der Waals surface area contributed by atoms with E-state index < -0.39 is 53.7 Å². The van der Waals surface area contributed by atoms with Gasteiger partial charge in [-0.1, -0.05) is 62.3 Å². The summed E-state index contributed by atoms with van der Waals surface area (Å²) < 4.78 is 132. The number of hydrogen-bond acceptors (Lipinski definition) is 21. The number of ether oxygens (including phenoxy) is 4. The number of ketones is 7. The number of halogens is 9. The number of aliphatic hydroxyl groups excluding tert-OH is 1. The van der Waals surface area contributed by atoms with Gasteiger partial charge in [-0.15, -0.1) is 0 Å². The Morgan fingerprint density at radius 3 is 0.910 bits per heavy atom. The van der Waals surface area contributed by atoms with Crippen molar-refractivity contribution in [1.29, 1.82) is 0 Å². The molecule has 0 aromatic rings. The monoisotopic (exact) mass is 2090 g/mol. The van der Waals surface area contributed by atoms with Gasteiger partial charge in [0, 0.05) is 200 Å². The Morgan fingerprint density at radius 1 is 0.352 bits per heavy atom. The van der Waals surface area contributed by atoms with Crippen molar-refractivity contribution in [3.8, 4) is 0 Å². The molecule has 0 spiro atoms. The number of amides is 1. The smallest absolute Gasteiger partial charge is 0.391 e. The number of piperidine rings is 8. The zero-order chi connectivity index (χ0) is 111. The van der Waals surface area contributed by atoms with Crippen LogP contribution in [0.1, 0.15) is 367 Å². The summed E-state index contributed by atoms with van der Waals surface area (Å²) in [6.07, 6.45) is 4.58. The van der Waals surface area contributed by atoms with Gasteiger partial charge in [0.05, 0.1) is 30.1 Å². The highest BCUT2D eigenvalue weighted by Crippen LogP contribution is 2.41. The van der Waals surface area contributed by atoms with Crippen LogP contribution in [-0.4, -0.2) is 340 Å². The van der Waals surface area contributed by atoms with Crippen LogP contribution in [0.3, 0.4) is 0 Å². The molecule has 8 rings (SSSR count). The summed E-state index contributed by atoms with van der Waals surface area (Å²) in [4.78, 5) is 118. The van der Waals surface area contributed by atoms with Crippen LogP contribution in [0.25, 0.3) is 0 Å². The normalized spacial score (nSPS) is 20.9. The van der Waals surface area contributed by atoms with Crippen LogP contribution in [0.15, 0.2) is 0 Å². The molecule has 22 nitrogen and oxygen atoms in total. The molecule has 6 atom stereocenters. The summed E-state index contributed by atoms with van der Waals surface area (Å²) >= 11 is 0. The minimum absolute atomic E-state index is 0.000145. The first-order chi connectivity index (χ1) is 67.2. The molecule has 8 heterocycles. The Balaban J connectivity index is 0.000000829. The highest BCUT2D eigenvalue weighted by atomic mass is 19.4. The fraction of sp³-hybridized carbons (Fsp3) is 0.930. The predicted octanol–water partition coefficient (Wildman–Crippen LogP) is 22.8. The van der Waals surface area contributed by atoms with Gasteiger partial charge in [0.1, 0.15) is 40.5 Å². The highest BCUT2D eigenvalue weighted by molar-refractivity contribution is 5.86. The van der Waals surface area contributed by atoms with E-state index in [9.17, 15) is 83.0 Å². The molecule has 0 radical (unpaired) electrons. The molecule has 0 aromatic carbocycles. The van der Waals surface area contributed by atoms with Gasteiger partial charge in [-0.2, -0.15) is 39.5 Å². The van der Waals surface area contributed by atoms with E-state index >= 15 is 0 Å². The van der Waals surface area contributed by atoms with E-state index in [2.05, 4.69) is 185 Å². The standard InChI is InChI=1S/C16H31NO2.2C15H29NO2.2C14H24F3NO.C14H27NO2.C13H22F3NO.C13H26N2O2/c1-12(2)16(19-5)7-6-15(18)14-8-10-17(11-9-14)13(3)4;1-12(2)16-8-6-15(4,7-9-16)14(17)10-13(3)11-18-5;1-12(2)16-9-7-14(8-10-16)15(17)6-5-11-18-13(3)4;1-10(2)18-7-5-13(4,6-8-18)12(19)9-11(3)14(15,16)17;1-11(2)18-9-7-13(3,8-10-18)12(19)5-4-6-14(15,16)17;1-11(2)15-7-5-13(6-8-15)14(16)9-12(3)10-17-4;1-9(2)17-6-4-11(5-7-17)12(18)8-10(3)13(14,15)16;1-10(2)15-7-5-12(6-8-15)13(17)14(4)9-11(3)16/h12-14,16H,6-11H2,1-5H3;12-13H,6-11H2,1-5H3;12-14H,5-11H2,1-4H3;10-11H,5-9H2,1-4H3;11H,4-10H2,1-3H3;11-13H,5-10H2,1-4H3;9-11H,4-8H2,1-3H3;10-12,16H,5-9H2,1-4H3. The van der Waals surface area contributed by atoms with Gasteiger partial charge in [0.25, 0.3) is 0 Å². The summed E-state index contributed by atoms with van der Waals surface area (Å²) in [7, 11) is 6.92. The van der Waals surface area contributed by atoms with Crippen LogP contribution < -0.4 is 0 Å². The highest BCUT2D eigenvalue weighted by Gasteiger charge is 2.46. The molecule has 0 bridgehead atoms. The summed E-state index contributed by atoms with van der Waals surface area (Å²) in [5.41, 5.74) is -1.10. The molecule has 854 valence electrons. The van der Waals surface area contributed by atoms with E-state index in [1.54, 1.807) is 40.2 Å². The zero-order valence-corrected chi connectivity index (χ0v) is 97.1. The first kappa shape index (κ1) is 139. The van der Waals surface area contributed by atoms with Crippen LogP contribution in [0.5, 0.6) is 0 Å². The van der Waals surface area contributed by atoms with Crippen molar-refractivity contribution < 1.29 is 102 Å².